The van der Waals surface area contributed by atoms with Crippen molar-refractivity contribution in [1.29, 1.82) is 0 Å². The average molecular weight is 298 g/mol. The minimum atomic E-state index is -0.666. The van der Waals surface area contributed by atoms with Crippen LogP contribution in [-0.2, 0) is 11.2 Å². The standard InChI is InChI=1S/C19H22O3/c1-3-4-10-17-13-8-9-14-18(17)22-19(20)21-15(2)16-11-6-5-7-12-16/h5-9,11-15H,3-4,10H2,1-2H3. The molecule has 3 nitrogen and oxygen atoms in total. The number of benzene rings is 2. The third-order valence-electron chi connectivity index (χ3n) is 3.51. The molecule has 0 aromatic heterocycles. The summed E-state index contributed by atoms with van der Waals surface area (Å²) in [5.41, 5.74) is 1.98. The summed E-state index contributed by atoms with van der Waals surface area (Å²) in [6, 6.07) is 17.2. The predicted octanol–water partition coefficient (Wildman–Crippen LogP) is 5.31. The number of unbranched alkanes of at least 4 members (excludes halogenated alkanes) is 1. The zero-order valence-corrected chi connectivity index (χ0v) is 13.1. The van der Waals surface area contributed by atoms with Crippen molar-refractivity contribution in [3.8, 4) is 5.75 Å². The van der Waals surface area contributed by atoms with Crippen molar-refractivity contribution in [1.82, 2.24) is 0 Å². The first-order valence-electron chi connectivity index (χ1n) is 7.72. The van der Waals surface area contributed by atoms with Gasteiger partial charge in [-0.1, -0.05) is 61.9 Å². The van der Waals surface area contributed by atoms with Crippen LogP contribution in [0.1, 0.15) is 43.9 Å². The van der Waals surface area contributed by atoms with Crippen LogP contribution in [0.25, 0.3) is 0 Å². The molecule has 2 rings (SSSR count). The summed E-state index contributed by atoms with van der Waals surface area (Å²) in [4.78, 5) is 12.0. The lowest BCUT2D eigenvalue weighted by Gasteiger charge is -2.14. The maximum Gasteiger partial charge on any atom is 0.514 e. The van der Waals surface area contributed by atoms with Crippen LogP contribution in [0, 0.1) is 0 Å². The van der Waals surface area contributed by atoms with Gasteiger partial charge in [0.15, 0.2) is 0 Å². The van der Waals surface area contributed by atoms with Gasteiger partial charge in [0.1, 0.15) is 11.9 Å². The fourth-order valence-electron chi connectivity index (χ4n) is 2.23. The Labute approximate surface area is 131 Å². The summed E-state index contributed by atoms with van der Waals surface area (Å²) in [6.45, 7) is 3.97. The summed E-state index contributed by atoms with van der Waals surface area (Å²) in [5, 5.41) is 0. The number of carbonyl (C=O) groups is 1. The molecule has 0 heterocycles. The van der Waals surface area contributed by atoms with Gasteiger partial charge < -0.3 is 9.47 Å². The number of carbonyl (C=O) groups excluding carboxylic acids is 1. The second-order valence-electron chi connectivity index (χ2n) is 5.23. The maximum absolute atomic E-state index is 12.0. The number of rotatable bonds is 6. The predicted molar refractivity (Wildman–Crippen MR) is 87.0 cm³/mol. The molecule has 22 heavy (non-hydrogen) atoms. The van der Waals surface area contributed by atoms with E-state index in [1.807, 2.05) is 55.5 Å². The Hall–Kier alpha value is -2.29. The second-order valence-corrected chi connectivity index (χ2v) is 5.23. The highest BCUT2D eigenvalue weighted by molar-refractivity contribution is 5.65. The Morgan fingerprint density at radius 2 is 1.73 bits per heavy atom. The molecule has 0 fully saturated rings. The van der Waals surface area contributed by atoms with Crippen LogP contribution in [0.4, 0.5) is 4.79 Å². The van der Waals surface area contributed by atoms with Gasteiger partial charge in [0.25, 0.3) is 0 Å². The first-order chi connectivity index (χ1) is 10.7. The van der Waals surface area contributed by atoms with E-state index < -0.39 is 6.16 Å². The molecule has 1 atom stereocenters. The number of ether oxygens (including phenoxy) is 2. The zero-order chi connectivity index (χ0) is 15.8. The van der Waals surface area contributed by atoms with Crippen molar-refractivity contribution in [2.24, 2.45) is 0 Å². The number of hydrogen-bond donors (Lipinski definition) is 0. The van der Waals surface area contributed by atoms with Crippen LogP contribution in [0.5, 0.6) is 5.75 Å². The molecule has 116 valence electrons. The lowest BCUT2D eigenvalue weighted by atomic mass is 10.1. The van der Waals surface area contributed by atoms with Gasteiger partial charge in [0, 0.05) is 0 Å². The normalized spacial score (nSPS) is 11.7. The van der Waals surface area contributed by atoms with Gasteiger partial charge in [-0.2, -0.15) is 0 Å². The molecule has 2 aromatic carbocycles. The first-order valence-corrected chi connectivity index (χ1v) is 7.72. The number of aryl methyl sites for hydroxylation is 1. The summed E-state index contributed by atoms with van der Waals surface area (Å²) in [6.07, 6.45) is 2.06. The quantitative estimate of drug-likeness (QED) is 0.536. The molecule has 0 aliphatic heterocycles. The number of para-hydroxylation sites is 1. The summed E-state index contributed by atoms with van der Waals surface area (Å²) in [7, 11) is 0. The van der Waals surface area contributed by atoms with Gasteiger partial charge in [0.05, 0.1) is 0 Å². The Morgan fingerprint density at radius 1 is 1.05 bits per heavy atom. The Morgan fingerprint density at radius 3 is 2.45 bits per heavy atom. The molecule has 3 heteroatoms. The summed E-state index contributed by atoms with van der Waals surface area (Å²) < 4.78 is 10.7. The summed E-state index contributed by atoms with van der Waals surface area (Å²) in [5.74, 6) is 0.584. The molecule has 0 aliphatic carbocycles. The van der Waals surface area contributed by atoms with E-state index in [0.29, 0.717) is 5.75 Å². The second kappa shape index (κ2) is 8.23. The highest BCUT2D eigenvalue weighted by Crippen LogP contribution is 2.22. The van der Waals surface area contributed by atoms with Crippen molar-refractivity contribution < 1.29 is 14.3 Å². The van der Waals surface area contributed by atoms with Crippen LogP contribution in [-0.4, -0.2) is 6.16 Å². The van der Waals surface area contributed by atoms with E-state index in [9.17, 15) is 4.79 Å². The molecule has 0 aliphatic rings. The van der Waals surface area contributed by atoms with E-state index in [1.54, 1.807) is 6.07 Å². The molecule has 0 saturated heterocycles. The molecule has 0 spiro atoms. The molecule has 0 radical (unpaired) electrons. The zero-order valence-electron chi connectivity index (χ0n) is 13.1. The lowest BCUT2D eigenvalue weighted by molar-refractivity contribution is 0.0652. The lowest BCUT2D eigenvalue weighted by Crippen LogP contribution is -2.14. The van der Waals surface area contributed by atoms with Gasteiger partial charge in [-0.15, -0.1) is 0 Å². The van der Waals surface area contributed by atoms with Gasteiger partial charge in [-0.25, -0.2) is 4.79 Å². The van der Waals surface area contributed by atoms with Gasteiger partial charge in [-0.05, 0) is 37.0 Å². The Balaban J connectivity index is 1.97. The van der Waals surface area contributed by atoms with Crippen LogP contribution in [0.2, 0.25) is 0 Å². The highest BCUT2D eigenvalue weighted by Gasteiger charge is 2.14. The van der Waals surface area contributed by atoms with E-state index in [-0.39, 0.29) is 6.10 Å². The molecular formula is C19H22O3. The minimum absolute atomic E-state index is 0.337. The Bertz CT molecular complexity index is 593. The monoisotopic (exact) mass is 298 g/mol. The smallest absolute Gasteiger partial charge is 0.426 e. The minimum Gasteiger partial charge on any atom is -0.426 e. The van der Waals surface area contributed by atoms with Gasteiger partial charge >= 0.3 is 6.16 Å². The molecule has 1 unspecified atom stereocenters. The van der Waals surface area contributed by atoms with Crippen LogP contribution in [0.15, 0.2) is 54.6 Å². The molecule has 0 saturated carbocycles. The van der Waals surface area contributed by atoms with Gasteiger partial charge in [-0.3, -0.25) is 0 Å². The van der Waals surface area contributed by atoms with Crippen molar-refractivity contribution in [3.05, 3.63) is 65.7 Å². The fourth-order valence-corrected chi connectivity index (χ4v) is 2.23. The van der Waals surface area contributed by atoms with E-state index in [1.165, 1.54) is 0 Å². The largest absolute Gasteiger partial charge is 0.514 e. The number of hydrogen-bond acceptors (Lipinski definition) is 3. The van der Waals surface area contributed by atoms with E-state index in [2.05, 4.69) is 6.92 Å². The van der Waals surface area contributed by atoms with Crippen molar-refractivity contribution in [2.45, 2.75) is 39.2 Å². The molecule has 2 aromatic rings. The van der Waals surface area contributed by atoms with Crippen molar-refractivity contribution in [2.75, 3.05) is 0 Å². The van der Waals surface area contributed by atoms with Crippen LogP contribution >= 0.6 is 0 Å². The third-order valence-corrected chi connectivity index (χ3v) is 3.51. The third kappa shape index (κ3) is 4.62. The average Bonchev–Trinajstić information content (AvgIpc) is 2.54. The summed E-state index contributed by atoms with van der Waals surface area (Å²) >= 11 is 0. The van der Waals surface area contributed by atoms with E-state index in [0.717, 1.165) is 30.4 Å². The van der Waals surface area contributed by atoms with Crippen LogP contribution in [0.3, 0.4) is 0 Å². The Kier molecular flexibility index (Phi) is 6.01. The topological polar surface area (TPSA) is 35.5 Å². The van der Waals surface area contributed by atoms with Crippen LogP contribution < -0.4 is 4.74 Å². The fraction of sp³-hybridized carbons (Fsp3) is 0.316. The SMILES string of the molecule is CCCCc1ccccc1OC(=O)OC(C)c1ccccc1. The van der Waals surface area contributed by atoms with E-state index in [4.69, 9.17) is 9.47 Å². The molecule has 0 bridgehead atoms. The molecular weight excluding hydrogens is 276 g/mol. The highest BCUT2D eigenvalue weighted by atomic mass is 16.7. The van der Waals surface area contributed by atoms with E-state index >= 15 is 0 Å². The van der Waals surface area contributed by atoms with Gasteiger partial charge in [0.2, 0.25) is 0 Å². The molecule has 0 amide bonds. The maximum atomic E-state index is 12.0. The van der Waals surface area contributed by atoms with Crippen molar-refractivity contribution >= 4 is 6.16 Å². The van der Waals surface area contributed by atoms with Crippen molar-refractivity contribution in [3.63, 3.8) is 0 Å². The first kappa shape index (κ1) is 16.1. The molecule has 0 N–H and O–H groups in total.